The summed E-state index contributed by atoms with van der Waals surface area (Å²) in [5, 5.41) is 3.34. The Morgan fingerprint density at radius 3 is 2.29 bits per heavy atom. The second kappa shape index (κ2) is 9.88. The first kappa shape index (κ1) is 21.0. The maximum atomic E-state index is 12.5. The summed E-state index contributed by atoms with van der Waals surface area (Å²) >= 11 is 0. The van der Waals surface area contributed by atoms with Crippen LogP contribution in [0, 0.1) is 5.92 Å². The monoisotopic (exact) mass is 339 g/mol. The molecule has 0 radical (unpaired) electrons. The van der Waals surface area contributed by atoms with Gasteiger partial charge in [0.2, 0.25) is 5.91 Å². The lowest BCUT2D eigenvalue weighted by Gasteiger charge is -2.40. The Morgan fingerprint density at radius 1 is 1.19 bits per heavy atom. The fraction of sp³-hybridized carbons (Fsp3) is 0.933. The lowest BCUT2D eigenvalue weighted by molar-refractivity contribution is -0.137. The molecule has 0 bridgehead atoms. The number of piperidine rings is 2. The van der Waals surface area contributed by atoms with Crippen LogP contribution in [0.25, 0.3) is 0 Å². The van der Waals surface area contributed by atoms with Crippen LogP contribution < -0.4 is 5.32 Å². The van der Waals surface area contributed by atoms with Crippen LogP contribution in [0.5, 0.6) is 0 Å². The molecule has 126 valence electrons. The number of halogens is 2. The normalized spacial score (nSPS) is 24.1. The van der Waals surface area contributed by atoms with Crippen molar-refractivity contribution in [3.05, 3.63) is 0 Å². The number of rotatable bonds is 3. The Labute approximate surface area is 141 Å². The van der Waals surface area contributed by atoms with Crippen LogP contribution >= 0.6 is 24.8 Å². The van der Waals surface area contributed by atoms with Crippen LogP contribution in [-0.2, 0) is 4.79 Å². The van der Waals surface area contributed by atoms with Gasteiger partial charge in [0.25, 0.3) is 0 Å². The van der Waals surface area contributed by atoms with E-state index in [-0.39, 0.29) is 30.7 Å². The highest BCUT2D eigenvalue weighted by Gasteiger charge is 2.30. The molecule has 0 aliphatic carbocycles. The number of likely N-dealkylation sites (tertiary alicyclic amines) is 1. The zero-order valence-electron chi connectivity index (χ0n) is 13.5. The van der Waals surface area contributed by atoms with Crippen molar-refractivity contribution in [3.63, 3.8) is 0 Å². The van der Waals surface area contributed by atoms with Crippen molar-refractivity contribution in [2.45, 2.75) is 51.6 Å². The minimum atomic E-state index is 0. The van der Waals surface area contributed by atoms with Crippen molar-refractivity contribution in [2.75, 3.05) is 33.2 Å². The van der Waals surface area contributed by atoms with Gasteiger partial charge in [0, 0.05) is 38.8 Å². The Morgan fingerprint density at radius 2 is 1.81 bits per heavy atom. The van der Waals surface area contributed by atoms with Gasteiger partial charge in [-0.05, 0) is 46.1 Å². The molecule has 2 aliphatic heterocycles. The standard InChI is InChI=1S/C15H29N3O.2ClH/c1-12(2)18-9-6-14(7-10-18)17(3)15(19)13-5-4-8-16-11-13;;/h12-14,16H,4-11H2,1-3H3;2*1H. The first-order chi connectivity index (χ1) is 9.09. The number of nitrogens with one attached hydrogen (secondary N) is 1. The number of hydrogen-bond acceptors (Lipinski definition) is 3. The molecule has 2 fully saturated rings. The van der Waals surface area contributed by atoms with Crippen molar-refractivity contribution in [1.82, 2.24) is 15.1 Å². The zero-order valence-corrected chi connectivity index (χ0v) is 15.1. The van der Waals surface area contributed by atoms with E-state index < -0.39 is 0 Å². The molecule has 2 rings (SSSR count). The molecule has 1 N–H and O–H groups in total. The van der Waals surface area contributed by atoms with Crippen molar-refractivity contribution in [3.8, 4) is 0 Å². The van der Waals surface area contributed by atoms with Gasteiger partial charge in [-0.25, -0.2) is 0 Å². The molecule has 2 saturated heterocycles. The molecule has 1 amide bonds. The zero-order chi connectivity index (χ0) is 13.8. The van der Waals surface area contributed by atoms with Gasteiger partial charge in [-0.3, -0.25) is 4.79 Å². The summed E-state index contributed by atoms with van der Waals surface area (Å²) in [6.07, 6.45) is 4.44. The summed E-state index contributed by atoms with van der Waals surface area (Å²) in [6, 6.07) is 1.08. The van der Waals surface area contributed by atoms with Gasteiger partial charge in [0.05, 0.1) is 5.92 Å². The third kappa shape index (κ3) is 5.59. The third-order valence-electron chi connectivity index (χ3n) is 4.77. The van der Waals surface area contributed by atoms with Gasteiger partial charge in [0.15, 0.2) is 0 Å². The smallest absolute Gasteiger partial charge is 0.226 e. The number of nitrogens with zero attached hydrogens (tertiary/aromatic N) is 2. The summed E-state index contributed by atoms with van der Waals surface area (Å²) in [7, 11) is 2.01. The van der Waals surface area contributed by atoms with Crippen LogP contribution in [0.1, 0.15) is 39.5 Å². The molecule has 0 aromatic rings. The number of carbonyl (C=O) groups excluding carboxylic acids is 1. The molecule has 0 saturated carbocycles. The average molecular weight is 340 g/mol. The molecule has 4 nitrogen and oxygen atoms in total. The number of carbonyl (C=O) groups is 1. The molecule has 0 spiro atoms. The van der Waals surface area contributed by atoms with Gasteiger partial charge < -0.3 is 15.1 Å². The molecular weight excluding hydrogens is 309 g/mol. The fourth-order valence-corrected chi connectivity index (χ4v) is 3.32. The van der Waals surface area contributed by atoms with E-state index >= 15 is 0 Å². The SMILES string of the molecule is CC(C)N1CCC(N(C)C(=O)C2CCCNC2)CC1.Cl.Cl. The summed E-state index contributed by atoms with van der Waals surface area (Å²) in [4.78, 5) is 17.0. The van der Waals surface area contributed by atoms with Crippen molar-refractivity contribution in [2.24, 2.45) is 5.92 Å². The summed E-state index contributed by atoms with van der Waals surface area (Å²) in [5.41, 5.74) is 0. The Bertz CT molecular complexity index is 301. The predicted octanol–water partition coefficient (Wildman–Crippen LogP) is 2.16. The van der Waals surface area contributed by atoms with Gasteiger partial charge in [-0.1, -0.05) is 0 Å². The topological polar surface area (TPSA) is 35.6 Å². The lowest BCUT2D eigenvalue weighted by atomic mass is 9.95. The molecule has 1 atom stereocenters. The van der Waals surface area contributed by atoms with Gasteiger partial charge in [-0.2, -0.15) is 0 Å². The van der Waals surface area contributed by atoms with E-state index in [1.807, 2.05) is 11.9 Å². The van der Waals surface area contributed by atoms with Crippen molar-refractivity contribution >= 4 is 30.7 Å². The van der Waals surface area contributed by atoms with E-state index in [9.17, 15) is 4.79 Å². The van der Waals surface area contributed by atoms with Gasteiger partial charge >= 0.3 is 0 Å². The van der Waals surface area contributed by atoms with E-state index in [1.54, 1.807) is 0 Å². The molecule has 1 unspecified atom stereocenters. The Kier molecular flexibility index (Phi) is 9.87. The summed E-state index contributed by atoms with van der Waals surface area (Å²) in [5.74, 6) is 0.567. The molecule has 0 aromatic carbocycles. The van der Waals surface area contributed by atoms with Crippen LogP contribution in [0.4, 0.5) is 0 Å². The molecule has 2 heterocycles. The van der Waals surface area contributed by atoms with Crippen LogP contribution in [0.2, 0.25) is 0 Å². The number of amides is 1. The van der Waals surface area contributed by atoms with E-state index in [4.69, 9.17) is 0 Å². The van der Waals surface area contributed by atoms with Crippen LogP contribution in [0.15, 0.2) is 0 Å². The Hall–Kier alpha value is -0.0300. The highest BCUT2D eigenvalue weighted by atomic mass is 35.5. The minimum Gasteiger partial charge on any atom is -0.342 e. The first-order valence-electron chi connectivity index (χ1n) is 7.81. The highest BCUT2D eigenvalue weighted by Crippen LogP contribution is 2.20. The highest BCUT2D eigenvalue weighted by molar-refractivity contribution is 5.85. The second-order valence-corrected chi connectivity index (χ2v) is 6.35. The van der Waals surface area contributed by atoms with Crippen LogP contribution in [-0.4, -0.2) is 61.0 Å². The lowest BCUT2D eigenvalue weighted by Crippen LogP contribution is -2.50. The summed E-state index contributed by atoms with van der Waals surface area (Å²) < 4.78 is 0. The maximum absolute atomic E-state index is 12.5. The van der Waals surface area contributed by atoms with Crippen molar-refractivity contribution in [1.29, 1.82) is 0 Å². The van der Waals surface area contributed by atoms with Gasteiger partial charge in [0.1, 0.15) is 0 Å². The fourth-order valence-electron chi connectivity index (χ4n) is 3.32. The molecular formula is C15H31Cl2N3O. The van der Waals surface area contributed by atoms with Gasteiger partial charge in [-0.15, -0.1) is 24.8 Å². The van der Waals surface area contributed by atoms with Crippen LogP contribution in [0.3, 0.4) is 0 Å². The molecule has 0 aromatic heterocycles. The van der Waals surface area contributed by atoms with E-state index in [2.05, 4.69) is 24.1 Å². The minimum absolute atomic E-state index is 0. The maximum Gasteiger partial charge on any atom is 0.226 e. The molecule has 2 aliphatic rings. The summed E-state index contributed by atoms with van der Waals surface area (Å²) in [6.45, 7) is 8.70. The average Bonchev–Trinajstić information content (AvgIpc) is 2.46. The van der Waals surface area contributed by atoms with E-state index in [1.165, 1.54) is 0 Å². The van der Waals surface area contributed by atoms with Crippen molar-refractivity contribution < 1.29 is 4.79 Å². The largest absolute Gasteiger partial charge is 0.342 e. The van der Waals surface area contributed by atoms with E-state index in [0.717, 1.165) is 51.9 Å². The second-order valence-electron chi connectivity index (χ2n) is 6.35. The predicted molar refractivity (Wildman–Crippen MR) is 92.6 cm³/mol. The van der Waals surface area contributed by atoms with E-state index in [0.29, 0.717) is 18.0 Å². The number of hydrogen-bond donors (Lipinski definition) is 1. The molecule has 21 heavy (non-hydrogen) atoms. The molecule has 6 heteroatoms. The Balaban J connectivity index is 0.00000200. The first-order valence-corrected chi connectivity index (χ1v) is 7.81. The third-order valence-corrected chi connectivity index (χ3v) is 4.77. The quantitative estimate of drug-likeness (QED) is 0.855.